The van der Waals surface area contributed by atoms with Crippen molar-refractivity contribution >= 4 is 5.78 Å². The van der Waals surface area contributed by atoms with Crippen molar-refractivity contribution in [2.75, 3.05) is 6.61 Å². The molecule has 0 bridgehead atoms. The van der Waals surface area contributed by atoms with Crippen molar-refractivity contribution < 1.29 is 9.53 Å². The first kappa shape index (κ1) is 10.8. The molecule has 1 aromatic carbocycles. The summed E-state index contributed by atoms with van der Waals surface area (Å²) >= 11 is 0. The van der Waals surface area contributed by atoms with Crippen LogP contribution in [0.15, 0.2) is 12.1 Å². The second kappa shape index (κ2) is 4.27. The molecule has 0 saturated carbocycles. The van der Waals surface area contributed by atoms with Crippen molar-refractivity contribution in [2.45, 2.75) is 27.7 Å². The maximum absolute atomic E-state index is 10.8. The average Bonchev–Trinajstić information content (AvgIpc) is 2.09. The fraction of sp³-hybridized carbons (Fsp3) is 0.417. The Morgan fingerprint density at radius 1 is 1.14 bits per heavy atom. The molecule has 0 N–H and O–H groups in total. The van der Waals surface area contributed by atoms with E-state index >= 15 is 0 Å². The molecule has 0 amide bonds. The number of hydrogen-bond donors (Lipinski definition) is 0. The first-order chi connectivity index (χ1) is 6.50. The zero-order chi connectivity index (χ0) is 10.7. The van der Waals surface area contributed by atoms with Gasteiger partial charge in [0.05, 0.1) is 0 Å². The number of benzene rings is 1. The van der Waals surface area contributed by atoms with Gasteiger partial charge in [-0.05, 0) is 50.5 Å². The Morgan fingerprint density at radius 2 is 1.71 bits per heavy atom. The van der Waals surface area contributed by atoms with Gasteiger partial charge in [-0.1, -0.05) is 6.07 Å². The van der Waals surface area contributed by atoms with Crippen molar-refractivity contribution in [1.82, 2.24) is 0 Å². The number of ketones is 1. The first-order valence-electron chi connectivity index (χ1n) is 4.71. The number of carbonyl (C=O) groups is 1. The Bertz CT molecular complexity index is 354. The molecule has 0 saturated heterocycles. The molecule has 0 aromatic heterocycles. The third-order valence-corrected chi connectivity index (χ3v) is 2.22. The minimum Gasteiger partial charge on any atom is -0.486 e. The molecule has 14 heavy (non-hydrogen) atoms. The van der Waals surface area contributed by atoms with E-state index in [4.69, 9.17) is 4.74 Å². The maximum atomic E-state index is 10.8. The Labute approximate surface area is 84.9 Å². The Morgan fingerprint density at radius 3 is 2.29 bits per heavy atom. The van der Waals surface area contributed by atoms with Crippen LogP contribution in [0.25, 0.3) is 0 Å². The van der Waals surface area contributed by atoms with Crippen LogP contribution in [-0.4, -0.2) is 12.4 Å². The Balaban J connectivity index is 2.87. The summed E-state index contributed by atoms with van der Waals surface area (Å²) in [5, 5.41) is 0. The van der Waals surface area contributed by atoms with Crippen LogP contribution in [0.3, 0.4) is 0 Å². The van der Waals surface area contributed by atoms with Gasteiger partial charge in [0.2, 0.25) is 0 Å². The SMILES string of the molecule is CC(=O)COc1cc(C)c(C)cc1C. The lowest BCUT2D eigenvalue weighted by Crippen LogP contribution is -2.07. The van der Waals surface area contributed by atoms with E-state index in [0.717, 1.165) is 11.3 Å². The van der Waals surface area contributed by atoms with Crippen LogP contribution < -0.4 is 4.74 Å². The summed E-state index contributed by atoms with van der Waals surface area (Å²) in [7, 11) is 0. The van der Waals surface area contributed by atoms with E-state index in [-0.39, 0.29) is 12.4 Å². The molecule has 0 radical (unpaired) electrons. The van der Waals surface area contributed by atoms with E-state index in [9.17, 15) is 4.79 Å². The van der Waals surface area contributed by atoms with E-state index in [1.54, 1.807) is 0 Å². The van der Waals surface area contributed by atoms with Crippen molar-refractivity contribution in [2.24, 2.45) is 0 Å². The van der Waals surface area contributed by atoms with E-state index < -0.39 is 0 Å². The van der Waals surface area contributed by atoms with Crippen LogP contribution in [0.1, 0.15) is 23.6 Å². The van der Waals surface area contributed by atoms with Crippen molar-refractivity contribution in [3.8, 4) is 5.75 Å². The highest BCUT2D eigenvalue weighted by Crippen LogP contribution is 2.22. The Hall–Kier alpha value is -1.31. The highest BCUT2D eigenvalue weighted by molar-refractivity contribution is 5.77. The molecule has 76 valence electrons. The largest absolute Gasteiger partial charge is 0.486 e. The van der Waals surface area contributed by atoms with Crippen molar-refractivity contribution in [3.63, 3.8) is 0 Å². The summed E-state index contributed by atoms with van der Waals surface area (Å²) in [6.45, 7) is 7.77. The van der Waals surface area contributed by atoms with Crippen molar-refractivity contribution in [1.29, 1.82) is 0 Å². The second-order valence-corrected chi connectivity index (χ2v) is 3.69. The van der Waals surface area contributed by atoms with Gasteiger partial charge in [-0.2, -0.15) is 0 Å². The van der Waals surface area contributed by atoms with E-state index in [1.165, 1.54) is 18.1 Å². The minimum absolute atomic E-state index is 0.0441. The third-order valence-electron chi connectivity index (χ3n) is 2.22. The second-order valence-electron chi connectivity index (χ2n) is 3.69. The molecule has 0 atom stereocenters. The molecule has 0 aliphatic heterocycles. The molecular formula is C12H16O2. The monoisotopic (exact) mass is 192 g/mol. The topological polar surface area (TPSA) is 26.3 Å². The van der Waals surface area contributed by atoms with Crippen LogP contribution in [0.5, 0.6) is 5.75 Å². The summed E-state index contributed by atoms with van der Waals surface area (Å²) in [4.78, 5) is 10.8. The third kappa shape index (κ3) is 2.59. The highest BCUT2D eigenvalue weighted by Gasteiger charge is 2.03. The molecule has 0 aliphatic carbocycles. The van der Waals surface area contributed by atoms with E-state index in [2.05, 4.69) is 13.0 Å². The zero-order valence-corrected chi connectivity index (χ0v) is 9.18. The fourth-order valence-corrected chi connectivity index (χ4v) is 1.27. The quantitative estimate of drug-likeness (QED) is 0.735. The maximum Gasteiger partial charge on any atom is 0.167 e. The molecule has 1 rings (SSSR count). The fourth-order valence-electron chi connectivity index (χ4n) is 1.27. The lowest BCUT2D eigenvalue weighted by Gasteiger charge is -2.10. The van der Waals surface area contributed by atoms with Gasteiger partial charge in [-0.15, -0.1) is 0 Å². The summed E-state index contributed by atoms with van der Waals surface area (Å²) in [6.07, 6.45) is 0. The smallest absolute Gasteiger partial charge is 0.167 e. The van der Waals surface area contributed by atoms with Gasteiger partial charge < -0.3 is 4.74 Å². The molecule has 0 unspecified atom stereocenters. The normalized spacial score (nSPS) is 10.0. The van der Waals surface area contributed by atoms with E-state index in [0.29, 0.717) is 0 Å². The first-order valence-corrected chi connectivity index (χ1v) is 4.71. The summed E-state index contributed by atoms with van der Waals surface area (Å²) in [5.74, 6) is 0.853. The number of rotatable bonds is 3. The van der Waals surface area contributed by atoms with Crippen molar-refractivity contribution in [3.05, 3.63) is 28.8 Å². The average molecular weight is 192 g/mol. The van der Waals surface area contributed by atoms with Crippen LogP contribution in [0.4, 0.5) is 0 Å². The van der Waals surface area contributed by atoms with Gasteiger partial charge in [-0.3, -0.25) is 4.79 Å². The van der Waals surface area contributed by atoms with Crippen LogP contribution in [0, 0.1) is 20.8 Å². The number of hydrogen-bond acceptors (Lipinski definition) is 2. The molecule has 2 nitrogen and oxygen atoms in total. The van der Waals surface area contributed by atoms with Gasteiger partial charge in [-0.25, -0.2) is 0 Å². The Kier molecular flexibility index (Phi) is 3.28. The predicted octanol–water partition coefficient (Wildman–Crippen LogP) is 2.58. The molecule has 0 aliphatic rings. The highest BCUT2D eigenvalue weighted by atomic mass is 16.5. The van der Waals surface area contributed by atoms with Gasteiger partial charge >= 0.3 is 0 Å². The number of ether oxygens (including phenoxy) is 1. The minimum atomic E-state index is 0.0441. The molecule has 0 heterocycles. The van der Waals surface area contributed by atoms with Gasteiger partial charge in [0.15, 0.2) is 5.78 Å². The standard InChI is InChI=1S/C12H16O2/c1-8-5-10(3)12(6-9(8)2)14-7-11(4)13/h5-6H,7H2,1-4H3. The summed E-state index contributed by atoms with van der Waals surface area (Å²) in [5.41, 5.74) is 3.51. The van der Waals surface area contributed by atoms with Gasteiger partial charge in [0.1, 0.15) is 12.4 Å². The molecule has 1 aromatic rings. The van der Waals surface area contributed by atoms with Gasteiger partial charge in [0.25, 0.3) is 0 Å². The van der Waals surface area contributed by atoms with Gasteiger partial charge in [0, 0.05) is 0 Å². The van der Waals surface area contributed by atoms with Crippen LogP contribution in [-0.2, 0) is 4.79 Å². The molecular weight excluding hydrogens is 176 g/mol. The number of carbonyl (C=O) groups excluding carboxylic acids is 1. The predicted molar refractivity (Wildman–Crippen MR) is 56.8 cm³/mol. The van der Waals surface area contributed by atoms with Crippen LogP contribution >= 0.6 is 0 Å². The summed E-state index contributed by atoms with van der Waals surface area (Å²) < 4.78 is 5.38. The molecule has 2 heteroatoms. The summed E-state index contributed by atoms with van der Waals surface area (Å²) in [6, 6.07) is 4.05. The molecule has 0 fully saturated rings. The lowest BCUT2D eigenvalue weighted by molar-refractivity contribution is -0.118. The number of aryl methyl sites for hydroxylation is 3. The van der Waals surface area contributed by atoms with E-state index in [1.807, 2.05) is 19.9 Å². The molecule has 0 spiro atoms. The number of Topliss-reactive ketones (excluding diaryl/α,β-unsaturated/α-hetero) is 1. The van der Waals surface area contributed by atoms with Crippen LogP contribution in [0.2, 0.25) is 0 Å². The lowest BCUT2D eigenvalue weighted by atomic mass is 10.1. The zero-order valence-electron chi connectivity index (χ0n) is 9.18.